The van der Waals surface area contributed by atoms with Crippen LogP contribution < -0.4 is 0 Å². The summed E-state index contributed by atoms with van der Waals surface area (Å²) in [5.41, 5.74) is 0. The monoisotopic (exact) mass is 174 g/mol. The van der Waals surface area contributed by atoms with E-state index in [1.165, 1.54) is 12.8 Å². The molecule has 0 spiro atoms. The van der Waals surface area contributed by atoms with Crippen LogP contribution in [-0.2, 0) is 0 Å². The molecule has 0 radical (unpaired) electrons. The molecule has 0 unspecified atom stereocenters. The number of hydrogen-bond acceptors (Lipinski definition) is 0. The Morgan fingerprint density at radius 3 is 1.00 bits per heavy atom. The van der Waals surface area contributed by atoms with Gasteiger partial charge in [-0.05, 0) is 0 Å². The molecule has 9 heavy (non-hydrogen) atoms. The van der Waals surface area contributed by atoms with Crippen LogP contribution in [0.4, 0.5) is 0 Å². The second-order valence-electron chi connectivity index (χ2n) is 1.27. The van der Waals surface area contributed by atoms with E-state index < -0.39 is 0 Å². The van der Waals surface area contributed by atoms with E-state index in [1.807, 2.05) is 6.92 Å². The van der Waals surface area contributed by atoms with Gasteiger partial charge in [0, 0.05) is 5.88 Å². The maximum absolute atomic E-state index is 5.00. The van der Waals surface area contributed by atoms with Gasteiger partial charge in [0.25, 0.3) is 0 Å². The molecule has 0 aliphatic carbocycles. The van der Waals surface area contributed by atoms with Crippen molar-refractivity contribution in [2.45, 2.75) is 33.6 Å². The molecule has 0 aliphatic heterocycles. The summed E-state index contributed by atoms with van der Waals surface area (Å²) in [7, 11) is 0. The highest BCUT2D eigenvalue weighted by atomic mass is 35.5. The van der Waals surface area contributed by atoms with Crippen molar-refractivity contribution in [1.82, 2.24) is 0 Å². The SMILES string of the molecule is CCCC.CCCl.[MgH2].[MgH2]. The molecule has 0 saturated carbocycles. The molecular weight excluding hydrogens is 156 g/mol. The second kappa shape index (κ2) is 32.9. The van der Waals surface area contributed by atoms with Gasteiger partial charge in [0.05, 0.1) is 0 Å². The molecule has 0 bridgehead atoms. The lowest BCUT2D eigenvalue weighted by Gasteiger charge is -1.68. The summed E-state index contributed by atoms with van der Waals surface area (Å²) in [5.74, 6) is 0.722. The van der Waals surface area contributed by atoms with Crippen LogP contribution in [0.5, 0.6) is 0 Å². The minimum atomic E-state index is 0. The largest absolute Gasteiger partial charge is 0.316 e. The van der Waals surface area contributed by atoms with E-state index in [2.05, 4.69) is 13.8 Å². The lowest BCUT2D eigenvalue weighted by Crippen LogP contribution is -1.47. The van der Waals surface area contributed by atoms with Crippen LogP contribution in [0.25, 0.3) is 0 Å². The van der Waals surface area contributed by atoms with Crippen LogP contribution in [0.1, 0.15) is 33.6 Å². The molecular formula is C6H19ClMg2. The molecule has 0 nitrogen and oxygen atoms in total. The topological polar surface area (TPSA) is 0 Å². The lowest BCUT2D eigenvalue weighted by molar-refractivity contribution is 0.886. The van der Waals surface area contributed by atoms with Crippen LogP contribution in [0.2, 0.25) is 0 Å². The fraction of sp³-hybridized carbons (Fsp3) is 1.00. The molecule has 0 N–H and O–H groups in total. The van der Waals surface area contributed by atoms with Gasteiger partial charge in [0.15, 0.2) is 0 Å². The Morgan fingerprint density at radius 2 is 1.00 bits per heavy atom. The van der Waals surface area contributed by atoms with E-state index in [0.717, 1.165) is 5.88 Å². The highest BCUT2D eigenvalue weighted by Gasteiger charge is 1.56. The van der Waals surface area contributed by atoms with Gasteiger partial charge in [-0.2, -0.15) is 0 Å². The number of halogens is 1. The number of unbranched alkanes of at least 4 members (excludes halogenated alkanes) is 1. The predicted octanol–water partition coefficient (Wildman–Crippen LogP) is 1.22. The van der Waals surface area contributed by atoms with E-state index in [4.69, 9.17) is 11.6 Å². The maximum atomic E-state index is 5.00. The average Bonchev–Trinajstić information content (AvgIpc) is 1.69. The minimum absolute atomic E-state index is 0. The standard InChI is InChI=1S/C4H10.C2H5Cl.2Mg.4H/c1-3-4-2;1-2-3;;;;;;/h3-4H2,1-2H3;2H2,1H3;;;;;;. The second-order valence-corrected chi connectivity index (χ2v) is 1.80. The number of rotatable bonds is 1. The van der Waals surface area contributed by atoms with Gasteiger partial charge >= 0.3 is 46.1 Å². The first-order valence-electron chi connectivity index (χ1n) is 2.89. The van der Waals surface area contributed by atoms with Gasteiger partial charge in [-0.25, -0.2) is 0 Å². The van der Waals surface area contributed by atoms with Gasteiger partial charge in [-0.15, -0.1) is 11.6 Å². The van der Waals surface area contributed by atoms with Crippen molar-refractivity contribution in [2.24, 2.45) is 0 Å². The summed E-state index contributed by atoms with van der Waals surface area (Å²) in [6.07, 6.45) is 2.64. The van der Waals surface area contributed by atoms with Crippen LogP contribution in [-0.4, -0.2) is 52.0 Å². The van der Waals surface area contributed by atoms with Crippen LogP contribution in [0.3, 0.4) is 0 Å². The zero-order valence-electron chi connectivity index (χ0n) is 5.50. The Kier molecular flexibility index (Phi) is 81.9. The van der Waals surface area contributed by atoms with Crippen molar-refractivity contribution in [3.63, 3.8) is 0 Å². The van der Waals surface area contributed by atoms with Gasteiger partial charge in [-0.1, -0.05) is 33.6 Å². The van der Waals surface area contributed by atoms with Gasteiger partial charge in [0.2, 0.25) is 0 Å². The van der Waals surface area contributed by atoms with E-state index in [-0.39, 0.29) is 46.1 Å². The molecule has 3 heteroatoms. The zero-order chi connectivity index (χ0) is 6.12. The van der Waals surface area contributed by atoms with E-state index >= 15 is 0 Å². The number of hydrogen-bond donors (Lipinski definition) is 0. The first-order valence-corrected chi connectivity index (χ1v) is 3.42. The summed E-state index contributed by atoms with van der Waals surface area (Å²) in [6, 6.07) is 0. The molecule has 0 aromatic carbocycles. The first-order chi connectivity index (χ1) is 3.33. The fourth-order valence-corrected chi connectivity index (χ4v) is 0. The molecule has 0 heterocycles. The summed E-state index contributed by atoms with van der Waals surface area (Å²) >= 11 is 5.00. The third kappa shape index (κ3) is 75.4. The maximum Gasteiger partial charge on any atom is 0.316 e. The highest BCUT2D eigenvalue weighted by molar-refractivity contribution is 6.17. The Balaban J connectivity index is -0.0000000233. The molecule has 0 saturated heterocycles. The first kappa shape index (κ1) is 22.4. The summed E-state index contributed by atoms with van der Waals surface area (Å²) in [4.78, 5) is 0. The molecule has 0 amide bonds. The average molecular weight is 175 g/mol. The molecule has 0 aromatic heterocycles. The summed E-state index contributed by atoms with van der Waals surface area (Å²) < 4.78 is 0. The quantitative estimate of drug-likeness (QED) is 0.415. The predicted molar refractivity (Wildman–Crippen MR) is 54.1 cm³/mol. The summed E-state index contributed by atoms with van der Waals surface area (Å²) in [5, 5.41) is 0. The third-order valence-corrected chi connectivity index (χ3v) is 0.500. The molecule has 0 rings (SSSR count). The van der Waals surface area contributed by atoms with Gasteiger partial charge < -0.3 is 0 Å². The van der Waals surface area contributed by atoms with Crippen molar-refractivity contribution >= 4 is 57.7 Å². The van der Waals surface area contributed by atoms with Crippen molar-refractivity contribution in [3.8, 4) is 0 Å². The van der Waals surface area contributed by atoms with Crippen molar-refractivity contribution < 1.29 is 0 Å². The Hall–Kier alpha value is 1.82. The van der Waals surface area contributed by atoms with Crippen LogP contribution in [0.15, 0.2) is 0 Å². The van der Waals surface area contributed by atoms with Crippen molar-refractivity contribution in [2.75, 3.05) is 5.88 Å². The van der Waals surface area contributed by atoms with E-state index in [0.29, 0.717) is 0 Å². The lowest BCUT2D eigenvalue weighted by atomic mass is 10.4. The number of alkyl halides is 1. The van der Waals surface area contributed by atoms with Crippen LogP contribution >= 0.6 is 11.6 Å². The zero-order valence-corrected chi connectivity index (χ0v) is 6.26. The van der Waals surface area contributed by atoms with Crippen LogP contribution in [0, 0.1) is 0 Å². The smallest absolute Gasteiger partial charge is 0.127 e. The van der Waals surface area contributed by atoms with E-state index in [9.17, 15) is 0 Å². The molecule has 0 aromatic rings. The fourth-order valence-electron chi connectivity index (χ4n) is 0. The Labute approximate surface area is 96.4 Å². The van der Waals surface area contributed by atoms with Gasteiger partial charge in [-0.3, -0.25) is 0 Å². The molecule has 0 atom stereocenters. The van der Waals surface area contributed by atoms with Gasteiger partial charge in [0.1, 0.15) is 0 Å². The van der Waals surface area contributed by atoms with Crippen molar-refractivity contribution in [3.05, 3.63) is 0 Å². The molecule has 0 aliphatic rings. The Bertz CT molecular complexity index is 18.5. The van der Waals surface area contributed by atoms with Crippen molar-refractivity contribution in [1.29, 1.82) is 0 Å². The third-order valence-electron chi connectivity index (χ3n) is 0.500. The van der Waals surface area contributed by atoms with E-state index in [1.54, 1.807) is 0 Å². The Morgan fingerprint density at radius 1 is 0.889 bits per heavy atom. The normalized spacial score (nSPS) is 5.33. The highest BCUT2D eigenvalue weighted by Crippen LogP contribution is 1.76. The summed E-state index contributed by atoms with van der Waals surface area (Å²) in [6.45, 7) is 6.25. The molecule has 54 valence electrons. The molecule has 0 fully saturated rings. The minimum Gasteiger partial charge on any atom is -0.127 e.